The van der Waals surface area contributed by atoms with Gasteiger partial charge in [0.2, 0.25) is 10.0 Å². The maximum Gasteiger partial charge on any atom is 0.240 e. The second-order valence-corrected chi connectivity index (χ2v) is 7.68. The molecule has 0 aliphatic heterocycles. The molecule has 0 aromatic heterocycles. The third-order valence-electron chi connectivity index (χ3n) is 3.57. The summed E-state index contributed by atoms with van der Waals surface area (Å²) in [5.74, 6) is 0. The Labute approximate surface area is 134 Å². The van der Waals surface area contributed by atoms with E-state index in [0.29, 0.717) is 22.0 Å². The van der Waals surface area contributed by atoms with Gasteiger partial charge in [-0.25, -0.2) is 13.1 Å². The van der Waals surface area contributed by atoms with Gasteiger partial charge >= 0.3 is 0 Å². The summed E-state index contributed by atoms with van der Waals surface area (Å²) in [4.78, 5) is 0.329. The Kier molecular flexibility index (Phi) is 7.71. The second kappa shape index (κ2) is 8.76. The van der Waals surface area contributed by atoms with Gasteiger partial charge in [-0.05, 0) is 43.5 Å². The van der Waals surface area contributed by atoms with Crippen molar-refractivity contribution in [3.05, 3.63) is 28.3 Å². The molecule has 0 fully saturated rings. The zero-order valence-electron chi connectivity index (χ0n) is 13.2. The molecule has 0 bridgehead atoms. The molecular formula is C16H26ClNO2S. The van der Waals surface area contributed by atoms with Gasteiger partial charge in [0.05, 0.1) is 4.90 Å². The molecule has 21 heavy (non-hydrogen) atoms. The average molecular weight is 332 g/mol. The monoisotopic (exact) mass is 331 g/mol. The fourth-order valence-corrected chi connectivity index (χ4v) is 3.84. The van der Waals surface area contributed by atoms with Crippen LogP contribution in [0.5, 0.6) is 0 Å². The molecule has 0 amide bonds. The molecule has 0 atom stereocenters. The zero-order valence-corrected chi connectivity index (χ0v) is 14.8. The van der Waals surface area contributed by atoms with Crippen molar-refractivity contribution in [2.75, 3.05) is 6.54 Å². The summed E-state index contributed by atoms with van der Waals surface area (Å²) >= 11 is 6.01. The van der Waals surface area contributed by atoms with Crippen molar-refractivity contribution < 1.29 is 8.42 Å². The maximum absolute atomic E-state index is 12.3. The first-order chi connectivity index (χ1) is 9.88. The molecule has 0 spiro atoms. The number of rotatable bonds is 9. The van der Waals surface area contributed by atoms with Gasteiger partial charge in [-0.3, -0.25) is 0 Å². The summed E-state index contributed by atoms with van der Waals surface area (Å²) in [6.45, 7) is 6.26. The van der Waals surface area contributed by atoms with Gasteiger partial charge in [0.1, 0.15) is 0 Å². The van der Waals surface area contributed by atoms with Gasteiger partial charge in [0.15, 0.2) is 0 Å². The fraction of sp³-hybridized carbons (Fsp3) is 0.625. The van der Waals surface area contributed by atoms with Crippen LogP contribution in [0.3, 0.4) is 0 Å². The van der Waals surface area contributed by atoms with E-state index in [4.69, 9.17) is 11.6 Å². The number of aryl methyl sites for hydroxylation is 2. The van der Waals surface area contributed by atoms with Gasteiger partial charge in [0.25, 0.3) is 0 Å². The number of benzene rings is 1. The van der Waals surface area contributed by atoms with Crippen LogP contribution in [0.25, 0.3) is 0 Å². The van der Waals surface area contributed by atoms with Crippen LogP contribution < -0.4 is 4.72 Å². The van der Waals surface area contributed by atoms with Gasteiger partial charge in [-0.15, -0.1) is 0 Å². The average Bonchev–Trinajstić information content (AvgIpc) is 2.41. The highest BCUT2D eigenvalue weighted by Gasteiger charge is 2.17. The van der Waals surface area contributed by atoms with E-state index in [2.05, 4.69) is 11.6 Å². The largest absolute Gasteiger partial charge is 0.240 e. The highest BCUT2D eigenvalue weighted by atomic mass is 35.5. The van der Waals surface area contributed by atoms with Crippen LogP contribution >= 0.6 is 11.6 Å². The maximum atomic E-state index is 12.3. The summed E-state index contributed by atoms with van der Waals surface area (Å²) in [5, 5.41) is 0.599. The predicted molar refractivity (Wildman–Crippen MR) is 89.5 cm³/mol. The van der Waals surface area contributed by atoms with E-state index >= 15 is 0 Å². The molecule has 1 aromatic carbocycles. The lowest BCUT2D eigenvalue weighted by Gasteiger charge is -2.11. The Morgan fingerprint density at radius 3 is 2.29 bits per heavy atom. The van der Waals surface area contributed by atoms with Gasteiger partial charge in [0, 0.05) is 11.6 Å². The molecule has 3 nitrogen and oxygen atoms in total. The second-order valence-electron chi connectivity index (χ2n) is 5.53. The lowest BCUT2D eigenvalue weighted by Crippen LogP contribution is -2.25. The summed E-state index contributed by atoms with van der Waals surface area (Å²) in [5.41, 5.74) is 1.46. The molecule has 0 saturated heterocycles. The van der Waals surface area contributed by atoms with E-state index < -0.39 is 10.0 Å². The molecule has 1 rings (SSSR count). The van der Waals surface area contributed by atoms with Crippen molar-refractivity contribution in [3.8, 4) is 0 Å². The number of hydrogen-bond donors (Lipinski definition) is 1. The van der Waals surface area contributed by atoms with E-state index in [1.807, 2.05) is 6.92 Å². The van der Waals surface area contributed by atoms with Crippen LogP contribution in [0, 0.1) is 13.8 Å². The lowest BCUT2D eigenvalue weighted by atomic mass is 10.1. The van der Waals surface area contributed by atoms with Crippen molar-refractivity contribution in [3.63, 3.8) is 0 Å². The highest BCUT2D eigenvalue weighted by molar-refractivity contribution is 7.89. The molecule has 1 N–H and O–H groups in total. The standard InChI is InChI=1S/C16H26ClNO2S/c1-4-5-6-7-8-9-10-18-21(19,20)16-12-13(2)15(17)11-14(16)3/h11-12,18H,4-10H2,1-3H3. The van der Waals surface area contributed by atoms with E-state index in [-0.39, 0.29) is 0 Å². The Bertz CT molecular complexity index is 556. The molecule has 1 aromatic rings. The van der Waals surface area contributed by atoms with E-state index in [1.165, 1.54) is 25.7 Å². The lowest BCUT2D eigenvalue weighted by molar-refractivity contribution is 0.567. The first kappa shape index (κ1) is 18.5. The molecule has 5 heteroatoms. The van der Waals surface area contributed by atoms with Crippen molar-refractivity contribution >= 4 is 21.6 Å². The molecule has 0 unspecified atom stereocenters. The Morgan fingerprint density at radius 2 is 1.62 bits per heavy atom. The van der Waals surface area contributed by atoms with Crippen molar-refractivity contribution in [1.29, 1.82) is 0 Å². The van der Waals surface area contributed by atoms with Crippen LogP contribution in [-0.2, 0) is 10.0 Å². The molecule has 0 saturated carbocycles. The first-order valence-electron chi connectivity index (χ1n) is 7.65. The number of unbranched alkanes of at least 4 members (excludes halogenated alkanes) is 5. The minimum absolute atomic E-state index is 0.329. The van der Waals surface area contributed by atoms with E-state index in [0.717, 1.165) is 18.4 Å². The summed E-state index contributed by atoms with van der Waals surface area (Å²) in [7, 11) is -3.44. The number of sulfonamides is 1. The molecular weight excluding hydrogens is 306 g/mol. The first-order valence-corrected chi connectivity index (χ1v) is 9.51. The highest BCUT2D eigenvalue weighted by Crippen LogP contribution is 2.23. The summed E-state index contributed by atoms with van der Waals surface area (Å²) < 4.78 is 27.3. The smallest absolute Gasteiger partial charge is 0.211 e. The Balaban J connectivity index is 2.53. The number of nitrogens with one attached hydrogen (secondary N) is 1. The summed E-state index contributed by atoms with van der Waals surface area (Å²) in [6.07, 6.45) is 6.85. The van der Waals surface area contributed by atoms with E-state index in [9.17, 15) is 8.42 Å². The van der Waals surface area contributed by atoms with Crippen molar-refractivity contribution in [2.24, 2.45) is 0 Å². The zero-order chi connectivity index (χ0) is 15.9. The van der Waals surface area contributed by atoms with Crippen LogP contribution in [0.4, 0.5) is 0 Å². The number of hydrogen-bond acceptors (Lipinski definition) is 2. The Hall–Kier alpha value is -0.580. The molecule has 0 radical (unpaired) electrons. The van der Waals surface area contributed by atoms with Crippen LogP contribution in [-0.4, -0.2) is 15.0 Å². The predicted octanol–water partition coefficient (Wildman–Crippen LogP) is 4.60. The van der Waals surface area contributed by atoms with Gasteiger partial charge in [-0.1, -0.05) is 50.6 Å². The Morgan fingerprint density at radius 1 is 1.00 bits per heavy atom. The fourth-order valence-electron chi connectivity index (χ4n) is 2.23. The van der Waals surface area contributed by atoms with Gasteiger partial charge < -0.3 is 0 Å². The molecule has 0 heterocycles. The summed E-state index contributed by atoms with van der Waals surface area (Å²) in [6, 6.07) is 3.34. The quantitative estimate of drug-likeness (QED) is 0.672. The van der Waals surface area contributed by atoms with Crippen LogP contribution in [0.15, 0.2) is 17.0 Å². The third-order valence-corrected chi connectivity index (χ3v) is 5.58. The topological polar surface area (TPSA) is 46.2 Å². The van der Waals surface area contributed by atoms with Crippen molar-refractivity contribution in [2.45, 2.75) is 64.2 Å². The minimum Gasteiger partial charge on any atom is -0.211 e. The molecule has 120 valence electrons. The van der Waals surface area contributed by atoms with Gasteiger partial charge in [-0.2, -0.15) is 0 Å². The van der Waals surface area contributed by atoms with Crippen LogP contribution in [0.2, 0.25) is 5.02 Å². The minimum atomic E-state index is -3.44. The van der Waals surface area contributed by atoms with E-state index in [1.54, 1.807) is 19.1 Å². The molecule has 0 aliphatic carbocycles. The SMILES string of the molecule is CCCCCCCCNS(=O)(=O)c1cc(C)c(Cl)cc1C. The third kappa shape index (κ3) is 5.97. The van der Waals surface area contributed by atoms with Crippen LogP contribution in [0.1, 0.15) is 56.6 Å². The van der Waals surface area contributed by atoms with Crippen molar-refractivity contribution in [1.82, 2.24) is 4.72 Å². The molecule has 0 aliphatic rings. The number of halogens is 1. The normalized spacial score (nSPS) is 11.8.